The van der Waals surface area contributed by atoms with Gasteiger partial charge in [0.2, 0.25) is 0 Å². The molecule has 0 aliphatic rings. The van der Waals surface area contributed by atoms with Crippen molar-refractivity contribution in [2.45, 2.75) is 83.7 Å². The lowest BCUT2D eigenvalue weighted by atomic mass is 10.0. The van der Waals surface area contributed by atoms with Gasteiger partial charge in [0.05, 0.1) is 6.10 Å². The molecule has 2 rings (SSSR count). The molecule has 1 unspecified atom stereocenters. The number of unbranched alkanes of at least 4 members (excludes halogenated alkanes) is 9. The Bertz CT molecular complexity index is 593. The number of benzene rings is 2. The fraction of sp³-hybridized carbons (Fsp3) is 0.520. The largest absolute Gasteiger partial charge is 0.388 e. The van der Waals surface area contributed by atoms with Crippen LogP contribution in [0.1, 0.15) is 89.2 Å². The molecule has 1 atom stereocenters. The van der Waals surface area contributed by atoms with E-state index in [1.165, 1.54) is 57.8 Å². The first kappa shape index (κ1) is 21.5. The third-order valence-electron chi connectivity index (χ3n) is 5.19. The maximum absolute atomic E-state index is 10.4. The molecule has 2 heteroatoms. The maximum atomic E-state index is 10.4. The van der Waals surface area contributed by atoms with Gasteiger partial charge in [0, 0.05) is 11.4 Å². The highest BCUT2D eigenvalue weighted by Crippen LogP contribution is 2.23. The van der Waals surface area contributed by atoms with E-state index in [2.05, 4.69) is 12.2 Å². The van der Waals surface area contributed by atoms with Crippen molar-refractivity contribution in [3.63, 3.8) is 0 Å². The Morgan fingerprint density at radius 3 is 1.78 bits per heavy atom. The first-order valence-corrected chi connectivity index (χ1v) is 10.9. The van der Waals surface area contributed by atoms with E-state index in [1.54, 1.807) is 0 Å². The van der Waals surface area contributed by atoms with E-state index in [-0.39, 0.29) is 6.10 Å². The summed E-state index contributed by atoms with van der Waals surface area (Å²) in [5.41, 5.74) is 3.15. The van der Waals surface area contributed by atoms with Crippen molar-refractivity contribution >= 4 is 11.4 Å². The van der Waals surface area contributed by atoms with E-state index in [4.69, 9.17) is 0 Å². The number of hydrogen-bond acceptors (Lipinski definition) is 2. The topological polar surface area (TPSA) is 32.3 Å². The summed E-state index contributed by atoms with van der Waals surface area (Å²) in [6, 6.07) is 18.3. The summed E-state index contributed by atoms with van der Waals surface area (Å²) < 4.78 is 0. The Hall–Kier alpha value is -1.80. The molecule has 2 N–H and O–H groups in total. The van der Waals surface area contributed by atoms with Crippen LogP contribution in [0.3, 0.4) is 0 Å². The van der Waals surface area contributed by atoms with Crippen LogP contribution in [-0.4, -0.2) is 5.11 Å². The van der Waals surface area contributed by atoms with Crippen LogP contribution in [-0.2, 0) is 0 Å². The summed E-state index contributed by atoms with van der Waals surface area (Å²) in [5, 5.41) is 13.8. The average Bonchev–Trinajstić information content (AvgIpc) is 2.70. The zero-order chi connectivity index (χ0) is 19.2. The Morgan fingerprint density at radius 1 is 0.667 bits per heavy atom. The van der Waals surface area contributed by atoms with E-state index < -0.39 is 0 Å². The smallest absolute Gasteiger partial charge is 0.0790 e. The monoisotopic (exact) mass is 367 g/mol. The molecule has 2 nitrogen and oxygen atoms in total. The third kappa shape index (κ3) is 9.10. The number of aliphatic hydroxyl groups is 1. The molecule has 27 heavy (non-hydrogen) atoms. The zero-order valence-corrected chi connectivity index (χ0v) is 17.0. The zero-order valence-electron chi connectivity index (χ0n) is 17.0. The molecule has 2 aromatic rings. The Morgan fingerprint density at radius 2 is 1.19 bits per heavy atom. The molecule has 0 bridgehead atoms. The van der Waals surface area contributed by atoms with Crippen LogP contribution < -0.4 is 5.32 Å². The van der Waals surface area contributed by atoms with Crippen LogP contribution in [0.2, 0.25) is 0 Å². The molecular weight excluding hydrogens is 330 g/mol. The van der Waals surface area contributed by atoms with Crippen molar-refractivity contribution in [1.29, 1.82) is 0 Å². The standard InChI is InChI=1S/C25H37NO/c1-2-3-4-5-6-7-8-9-10-14-17-25(27)22-18-20-24(21-19-22)26-23-15-12-11-13-16-23/h11-13,15-16,18-21,25-27H,2-10,14,17H2,1H3. The summed E-state index contributed by atoms with van der Waals surface area (Å²) in [6.45, 7) is 2.27. The lowest BCUT2D eigenvalue weighted by Crippen LogP contribution is -1.98. The van der Waals surface area contributed by atoms with E-state index in [0.717, 1.165) is 29.8 Å². The van der Waals surface area contributed by atoms with Gasteiger partial charge >= 0.3 is 0 Å². The van der Waals surface area contributed by atoms with E-state index in [0.29, 0.717) is 0 Å². The first-order valence-electron chi connectivity index (χ1n) is 10.9. The van der Waals surface area contributed by atoms with Gasteiger partial charge in [-0.25, -0.2) is 0 Å². The minimum absolute atomic E-state index is 0.343. The summed E-state index contributed by atoms with van der Waals surface area (Å²) in [5.74, 6) is 0. The molecule has 0 amide bonds. The minimum atomic E-state index is -0.343. The van der Waals surface area contributed by atoms with Gasteiger partial charge in [0.15, 0.2) is 0 Å². The minimum Gasteiger partial charge on any atom is -0.388 e. The molecular formula is C25H37NO. The highest BCUT2D eigenvalue weighted by atomic mass is 16.3. The van der Waals surface area contributed by atoms with Gasteiger partial charge in [-0.3, -0.25) is 0 Å². The quantitative estimate of drug-likeness (QED) is 0.334. The van der Waals surface area contributed by atoms with Crippen molar-refractivity contribution < 1.29 is 5.11 Å². The van der Waals surface area contributed by atoms with E-state index in [1.807, 2.05) is 54.6 Å². The lowest BCUT2D eigenvalue weighted by molar-refractivity contribution is 0.163. The van der Waals surface area contributed by atoms with Crippen LogP contribution in [0.15, 0.2) is 54.6 Å². The van der Waals surface area contributed by atoms with E-state index in [9.17, 15) is 5.11 Å². The molecule has 0 aromatic heterocycles. The molecule has 0 saturated carbocycles. The van der Waals surface area contributed by atoms with Gasteiger partial charge in [-0.1, -0.05) is 101 Å². The second-order valence-electron chi connectivity index (χ2n) is 7.60. The van der Waals surface area contributed by atoms with Gasteiger partial charge in [0.1, 0.15) is 0 Å². The van der Waals surface area contributed by atoms with Gasteiger partial charge < -0.3 is 10.4 Å². The molecule has 2 aromatic carbocycles. The van der Waals surface area contributed by atoms with Crippen molar-refractivity contribution in [3.8, 4) is 0 Å². The van der Waals surface area contributed by atoms with E-state index >= 15 is 0 Å². The average molecular weight is 368 g/mol. The van der Waals surface area contributed by atoms with Crippen molar-refractivity contribution in [2.75, 3.05) is 5.32 Å². The molecule has 0 aliphatic carbocycles. The second-order valence-corrected chi connectivity index (χ2v) is 7.60. The summed E-state index contributed by atoms with van der Waals surface area (Å²) in [4.78, 5) is 0. The number of anilines is 2. The van der Waals surface area contributed by atoms with Gasteiger partial charge in [0.25, 0.3) is 0 Å². The highest BCUT2D eigenvalue weighted by molar-refractivity contribution is 5.59. The maximum Gasteiger partial charge on any atom is 0.0790 e. The Balaban J connectivity index is 1.57. The fourth-order valence-corrected chi connectivity index (χ4v) is 3.47. The van der Waals surface area contributed by atoms with Gasteiger partial charge in [-0.15, -0.1) is 0 Å². The van der Waals surface area contributed by atoms with Crippen LogP contribution in [0, 0.1) is 0 Å². The van der Waals surface area contributed by atoms with Crippen molar-refractivity contribution in [3.05, 3.63) is 60.2 Å². The van der Waals surface area contributed by atoms with Crippen LogP contribution in [0.4, 0.5) is 11.4 Å². The predicted molar refractivity (Wildman–Crippen MR) is 118 cm³/mol. The number of hydrogen-bond donors (Lipinski definition) is 2. The summed E-state index contributed by atoms with van der Waals surface area (Å²) in [6.07, 6.45) is 13.8. The van der Waals surface area contributed by atoms with Gasteiger partial charge in [-0.2, -0.15) is 0 Å². The number of rotatable bonds is 14. The SMILES string of the molecule is CCCCCCCCCCCCC(O)c1ccc(Nc2ccccc2)cc1. The lowest BCUT2D eigenvalue weighted by Gasteiger charge is -2.12. The fourth-order valence-electron chi connectivity index (χ4n) is 3.47. The first-order chi connectivity index (χ1) is 13.3. The van der Waals surface area contributed by atoms with Crippen molar-refractivity contribution in [2.24, 2.45) is 0 Å². The predicted octanol–water partition coefficient (Wildman–Crippen LogP) is 7.77. The molecule has 148 valence electrons. The Labute approximate surface area is 166 Å². The molecule has 0 spiro atoms. The second kappa shape index (κ2) is 13.4. The molecule has 0 saturated heterocycles. The number of nitrogens with one attached hydrogen (secondary N) is 1. The normalized spacial score (nSPS) is 12.1. The molecule has 0 fully saturated rings. The highest BCUT2D eigenvalue weighted by Gasteiger charge is 2.07. The number of aliphatic hydroxyl groups excluding tert-OH is 1. The van der Waals surface area contributed by atoms with Crippen LogP contribution in [0.5, 0.6) is 0 Å². The molecule has 0 aliphatic heterocycles. The molecule has 0 radical (unpaired) electrons. The number of para-hydroxylation sites is 1. The third-order valence-corrected chi connectivity index (χ3v) is 5.19. The van der Waals surface area contributed by atoms with Crippen LogP contribution in [0.25, 0.3) is 0 Å². The summed E-state index contributed by atoms with van der Waals surface area (Å²) in [7, 11) is 0. The molecule has 0 heterocycles. The Kier molecular flexibility index (Phi) is 10.7. The van der Waals surface area contributed by atoms with Crippen molar-refractivity contribution in [1.82, 2.24) is 0 Å². The van der Waals surface area contributed by atoms with Gasteiger partial charge in [-0.05, 0) is 36.2 Å². The summed E-state index contributed by atoms with van der Waals surface area (Å²) >= 11 is 0. The van der Waals surface area contributed by atoms with Crippen LogP contribution >= 0.6 is 0 Å².